The minimum atomic E-state index is -0.657. The van der Waals surface area contributed by atoms with Crippen LogP contribution in [0.25, 0.3) is 0 Å². The zero-order valence-electron chi connectivity index (χ0n) is 18.8. The summed E-state index contributed by atoms with van der Waals surface area (Å²) in [6.45, 7) is 4.05. The van der Waals surface area contributed by atoms with Crippen molar-refractivity contribution in [3.8, 4) is 17.2 Å². The number of methoxy groups -OCH3 is 1. The molecule has 0 fully saturated rings. The van der Waals surface area contributed by atoms with E-state index in [4.69, 9.17) is 9.47 Å². The molecule has 172 valence electrons. The fraction of sp³-hybridized carbons (Fsp3) is 0.304. The highest BCUT2D eigenvalue weighted by Gasteiger charge is 2.39. The largest absolute Gasteiger partial charge is 0.504 e. The van der Waals surface area contributed by atoms with E-state index in [0.717, 1.165) is 5.56 Å². The van der Waals surface area contributed by atoms with Crippen LogP contribution < -0.4 is 14.8 Å². The van der Waals surface area contributed by atoms with Crippen LogP contribution in [-0.2, 0) is 4.79 Å². The summed E-state index contributed by atoms with van der Waals surface area (Å²) in [4.78, 5) is 22.5. The summed E-state index contributed by atoms with van der Waals surface area (Å²) >= 11 is 1.40. The molecule has 0 saturated carbocycles. The Morgan fingerprint density at radius 3 is 2.67 bits per heavy atom. The van der Waals surface area contributed by atoms with Crippen molar-refractivity contribution in [2.75, 3.05) is 25.3 Å². The molecule has 1 aliphatic rings. The lowest BCUT2D eigenvalue weighted by molar-refractivity contribution is -0.118. The molecule has 4 rings (SSSR count). The van der Waals surface area contributed by atoms with Crippen molar-refractivity contribution in [2.45, 2.75) is 25.0 Å². The molecule has 33 heavy (non-hydrogen) atoms. The quantitative estimate of drug-likeness (QED) is 0.504. The summed E-state index contributed by atoms with van der Waals surface area (Å²) in [5, 5.41) is 18.3. The van der Waals surface area contributed by atoms with E-state index in [2.05, 4.69) is 20.4 Å². The van der Waals surface area contributed by atoms with Crippen LogP contribution in [0.15, 0.2) is 52.6 Å². The Bertz CT molecular complexity index is 1190. The van der Waals surface area contributed by atoms with E-state index >= 15 is 0 Å². The van der Waals surface area contributed by atoms with Gasteiger partial charge in [0.15, 0.2) is 11.5 Å². The van der Waals surface area contributed by atoms with Gasteiger partial charge in [-0.1, -0.05) is 17.8 Å². The number of nitrogens with zero attached hydrogens (tertiary/aromatic N) is 4. The van der Waals surface area contributed by atoms with E-state index in [-0.39, 0.29) is 11.7 Å². The normalized spacial score (nSPS) is 17.2. The third-order valence-corrected chi connectivity index (χ3v) is 5.89. The molecule has 1 aliphatic heterocycles. The van der Waals surface area contributed by atoms with Gasteiger partial charge in [0.2, 0.25) is 17.0 Å². The van der Waals surface area contributed by atoms with Gasteiger partial charge in [-0.25, -0.2) is 9.67 Å². The number of aromatic hydroxyl groups is 1. The van der Waals surface area contributed by atoms with Crippen LogP contribution in [0.2, 0.25) is 0 Å². The number of aromatic nitrogens is 3. The van der Waals surface area contributed by atoms with E-state index in [1.54, 1.807) is 54.3 Å². The highest BCUT2D eigenvalue weighted by Crippen LogP contribution is 2.39. The number of anilines is 1. The van der Waals surface area contributed by atoms with Crippen molar-refractivity contribution < 1.29 is 19.4 Å². The second-order valence-corrected chi connectivity index (χ2v) is 8.17. The number of phenolic OH excluding ortho intramolecular Hbond substituents is 1. The summed E-state index contributed by atoms with van der Waals surface area (Å²) in [5.41, 5.74) is 2.01. The summed E-state index contributed by atoms with van der Waals surface area (Å²) in [5.74, 6) is 0.618. The third-order valence-electron chi connectivity index (χ3n) is 5.35. The average Bonchev–Trinajstić information content (AvgIpc) is 3.23. The zero-order valence-corrected chi connectivity index (χ0v) is 19.6. The first-order valence-electron chi connectivity index (χ1n) is 10.4. The van der Waals surface area contributed by atoms with Gasteiger partial charge in [0.1, 0.15) is 11.7 Å². The molecule has 1 aromatic heterocycles. The lowest BCUT2D eigenvalue weighted by Crippen LogP contribution is -2.39. The van der Waals surface area contributed by atoms with Crippen molar-refractivity contribution in [2.24, 2.45) is 10.9 Å². The predicted octanol–water partition coefficient (Wildman–Crippen LogP) is 4.06. The van der Waals surface area contributed by atoms with Crippen LogP contribution in [0.5, 0.6) is 17.2 Å². The summed E-state index contributed by atoms with van der Waals surface area (Å²) in [7, 11) is 1.59. The number of phenols is 1. The summed E-state index contributed by atoms with van der Waals surface area (Å²) in [6, 6.07) is 11.7. The van der Waals surface area contributed by atoms with E-state index < -0.39 is 12.0 Å². The van der Waals surface area contributed by atoms with Crippen molar-refractivity contribution in [3.05, 3.63) is 48.0 Å². The van der Waals surface area contributed by atoms with E-state index in [0.29, 0.717) is 40.6 Å². The molecule has 1 amide bonds. The van der Waals surface area contributed by atoms with Crippen molar-refractivity contribution in [3.63, 3.8) is 0 Å². The average molecular weight is 468 g/mol. The Morgan fingerprint density at radius 1 is 1.24 bits per heavy atom. The van der Waals surface area contributed by atoms with Crippen LogP contribution in [0, 0.1) is 5.92 Å². The van der Waals surface area contributed by atoms with E-state index in [1.807, 2.05) is 20.1 Å². The number of hydrogen-bond acceptors (Lipinski definition) is 8. The first-order valence-corrected chi connectivity index (χ1v) is 11.6. The maximum Gasteiger partial charge on any atom is 0.249 e. The maximum absolute atomic E-state index is 13.5. The maximum atomic E-state index is 13.5. The highest BCUT2D eigenvalue weighted by atomic mass is 32.2. The van der Waals surface area contributed by atoms with Crippen LogP contribution in [-0.4, -0.2) is 51.5 Å². The standard InChI is InChI=1S/C23H25N5O4S/c1-5-32-18-12-14(6-11-17(18)29)20-19(13(2)24-22-26-23(33-4)27-28(20)22)21(30)25-15-7-9-16(31-3)10-8-15/h6-12,19-20,29H,5H2,1-4H3,(H,25,30). The van der Waals surface area contributed by atoms with Crippen LogP contribution in [0.4, 0.5) is 11.6 Å². The van der Waals surface area contributed by atoms with Gasteiger partial charge >= 0.3 is 0 Å². The van der Waals surface area contributed by atoms with Gasteiger partial charge in [-0.15, -0.1) is 5.10 Å². The lowest BCUT2D eigenvalue weighted by atomic mass is 9.87. The Labute approximate surface area is 195 Å². The molecule has 2 unspecified atom stereocenters. The number of fused-ring (bicyclic) bond motifs is 1. The summed E-state index contributed by atoms with van der Waals surface area (Å²) < 4.78 is 12.4. The van der Waals surface area contributed by atoms with Gasteiger partial charge in [-0.3, -0.25) is 4.79 Å². The number of rotatable bonds is 7. The number of hydrogen-bond donors (Lipinski definition) is 2. The minimum Gasteiger partial charge on any atom is -0.504 e. The number of aliphatic imine (C=N–C) groups is 1. The van der Waals surface area contributed by atoms with Gasteiger partial charge in [0, 0.05) is 11.4 Å². The number of thioether (sulfide) groups is 1. The second-order valence-electron chi connectivity index (χ2n) is 7.40. The van der Waals surface area contributed by atoms with Crippen molar-refractivity contribution >= 4 is 35.0 Å². The SMILES string of the molecule is CCOc1cc(C2C(C(=O)Nc3ccc(OC)cc3)C(C)=Nc3nc(SC)nn32)ccc1O. The molecule has 2 aromatic carbocycles. The molecule has 0 spiro atoms. The van der Waals surface area contributed by atoms with Crippen molar-refractivity contribution in [1.82, 2.24) is 14.8 Å². The molecule has 0 saturated heterocycles. The van der Waals surface area contributed by atoms with E-state index in [9.17, 15) is 9.90 Å². The van der Waals surface area contributed by atoms with Crippen LogP contribution in [0.3, 0.4) is 0 Å². The highest BCUT2D eigenvalue weighted by molar-refractivity contribution is 7.98. The molecule has 3 aromatic rings. The molecule has 9 nitrogen and oxygen atoms in total. The molecule has 0 aliphatic carbocycles. The van der Waals surface area contributed by atoms with Gasteiger partial charge in [0.25, 0.3) is 0 Å². The Kier molecular flexibility index (Phi) is 6.55. The third kappa shape index (κ3) is 4.51. The second kappa shape index (κ2) is 9.53. The number of nitrogens with one attached hydrogen (secondary N) is 1. The smallest absolute Gasteiger partial charge is 0.249 e. The fourth-order valence-electron chi connectivity index (χ4n) is 3.79. The van der Waals surface area contributed by atoms with Crippen LogP contribution in [0.1, 0.15) is 25.5 Å². The molecular formula is C23H25N5O4S. The van der Waals surface area contributed by atoms with E-state index in [1.165, 1.54) is 11.8 Å². The lowest BCUT2D eigenvalue weighted by Gasteiger charge is -2.30. The fourth-order valence-corrected chi connectivity index (χ4v) is 4.13. The summed E-state index contributed by atoms with van der Waals surface area (Å²) in [6.07, 6.45) is 1.88. The van der Waals surface area contributed by atoms with Crippen LogP contribution >= 0.6 is 11.8 Å². The van der Waals surface area contributed by atoms with Crippen molar-refractivity contribution in [1.29, 1.82) is 0 Å². The number of carbonyl (C=O) groups excluding carboxylic acids is 1. The Hall–Kier alpha value is -3.53. The first-order chi connectivity index (χ1) is 15.9. The first kappa shape index (κ1) is 22.7. The Morgan fingerprint density at radius 2 is 2.00 bits per heavy atom. The number of carbonyl (C=O) groups is 1. The Balaban J connectivity index is 1.76. The molecule has 10 heteroatoms. The molecule has 0 radical (unpaired) electrons. The number of amides is 1. The number of ether oxygens (including phenoxy) is 2. The van der Waals surface area contributed by atoms with Gasteiger partial charge in [-0.2, -0.15) is 4.98 Å². The number of benzene rings is 2. The molecule has 2 heterocycles. The molecule has 0 bridgehead atoms. The monoisotopic (exact) mass is 467 g/mol. The minimum absolute atomic E-state index is 0.0321. The van der Waals surface area contributed by atoms with Gasteiger partial charge < -0.3 is 19.9 Å². The molecule has 2 N–H and O–H groups in total. The van der Waals surface area contributed by atoms with Gasteiger partial charge in [-0.05, 0) is 62.1 Å². The molecular weight excluding hydrogens is 442 g/mol. The van der Waals surface area contributed by atoms with Gasteiger partial charge in [0.05, 0.1) is 19.8 Å². The zero-order chi connectivity index (χ0) is 23.5. The predicted molar refractivity (Wildman–Crippen MR) is 127 cm³/mol. The molecule has 2 atom stereocenters. The topological polar surface area (TPSA) is 111 Å².